The number of rotatable bonds is 2. The molecule has 118 valence electrons. The second kappa shape index (κ2) is 5.66. The topological polar surface area (TPSA) is 60.6 Å². The molecule has 0 spiro atoms. The molecule has 0 saturated carbocycles. The molecule has 2 aliphatic rings. The Labute approximate surface area is 125 Å². The van der Waals surface area contributed by atoms with Gasteiger partial charge < -0.3 is 18.8 Å². The van der Waals surface area contributed by atoms with Gasteiger partial charge in [0, 0.05) is 19.7 Å². The number of morpholine rings is 1. The summed E-state index contributed by atoms with van der Waals surface area (Å²) in [5.74, 6) is 1.47. The van der Waals surface area contributed by atoms with Crippen LogP contribution in [0.2, 0.25) is 0 Å². The summed E-state index contributed by atoms with van der Waals surface area (Å²) in [5, 5.41) is 8.48. The monoisotopic (exact) mass is 295 g/mol. The number of hydrogen-bond donors (Lipinski definition) is 0. The Bertz CT molecular complexity index is 483. The van der Waals surface area contributed by atoms with Crippen LogP contribution in [0.5, 0.6) is 0 Å². The van der Waals surface area contributed by atoms with Crippen LogP contribution in [-0.2, 0) is 9.47 Å². The Morgan fingerprint density at radius 2 is 1.86 bits per heavy atom. The lowest BCUT2D eigenvalue weighted by atomic mass is 9.81. The normalized spacial score (nSPS) is 31.7. The van der Waals surface area contributed by atoms with Gasteiger partial charge >= 0.3 is 0 Å². The molecule has 6 nitrogen and oxygen atoms in total. The van der Waals surface area contributed by atoms with E-state index in [-0.39, 0.29) is 23.5 Å². The van der Waals surface area contributed by atoms with E-state index in [9.17, 15) is 0 Å². The smallest absolute Gasteiger partial charge is 0.246 e. The van der Waals surface area contributed by atoms with Gasteiger partial charge in [0.2, 0.25) is 11.8 Å². The third-order valence-corrected chi connectivity index (χ3v) is 4.26. The SMILES string of the molecule is CN1CCO[C@@H](c2nnc([C@H]3CCO[C@@H]3C(C)(C)C)o2)C1. The van der Waals surface area contributed by atoms with E-state index in [2.05, 4.69) is 42.9 Å². The quantitative estimate of drug-likeness (QED) is 0.831. The Hall–Kier alpha value is -0.980. The van der Waals surface area contributed by atoms with E-state index in [4.69, 9.17) is 13.9 Å². The summed E-state index contributed by atoms with van der Waals surface area (Å²) in [6, 6.07) is 0. The molecule has 6 heteroatoms. The molecule has 0 radical (unpaired) electrons. The average molecular weight is 295 g/mol. The minimum Gasteiger partial charge on any atom is -0.422 e. The minimum absolute atomic E-state index is 0.0668. The van der Waals surface area contributed by atoms with Gasteiger partial charge in [0.05, 0.1) is 18.6 Å². The van der Waals surface area contributed by atoms with Crippen LogP contribution in [-0.4, -0.2) is 54.6 Å². The first-order valence-electron chi connectivity index (χ1n) is 7.70. The molecule has 3 rings (SSSR count). The van der Waals surface area contributed by atoms with Crippen molar-refractivity contribution in [1.29, 1.82) is 0 Å². The largest absolute Gasteiger partial charge is 0.422 e. The third kappa shape index (κ3) is 3.12. The van der Waals surface area contributed by atoms with E-state index in [1.807, 2.05) is 0 Å². The molecule has 0 N–H and O–H groups in total. The highest BCUT2D eigenvalue weighted by Crippen LogP contribution is 2.40. The fourth-order valence-corrected chi connectivity index (χ4v) is 3.15. The first-order valence-corrected chi connectivity index (χ1v) is 7.70. The molecule has 1 aromatic heterocycles. The fourth-order valence-electron chi connectivity index (χ4n) is 3.15. The molecule has 0 aliphatic carbocycles. The van der Waals surface area contributed by atoms with Crippen molar-refractivity contribution in [2.75, 3.05) is 33.4 Å². The van der Waals surface area contributed by atoms with Gasteiger partial charge in [-0.3, -0.25) is 0 Å². The number of nitrogens with zero attached hydrogens (tertiary/aromatic N) is 3. The standard InChI is InChI=1S/C15H25N3O3/c1-15(2,3)12-10(5-7-20-12)13-16-17-14(21-13)11-9-18(4)6-8-19-11/h10-12H,5-9H2,1-4H3/t10-,11+,12-/m0/s1. The average Bonchev–Trinajstić information content (AvgIpc) is 3.07. The maximum Gasteiger partial charge on any atom is 0.246 e. The summed E-state index contributed by atoms with van der Waals surface area (Å²) >= 11 is 0. The Morgan fingerprint density at radius 3 is 2.57 bits per heavy atom. The highest BCUT2D eigenvalue weighted by Gasteiger charge is 2.41. The van der Waals surface area contributed by atoms with E-state index < -0.39 is 0 Å². The number of aromatic nitrogens is 2. The van der Waals surface area contributed by atoms with Crippen molar-refractivity contribution >= 4 is 0 Å². The zero-order chi connectivity index (χ0) is 15.0. The van der Waals surface area contributed by atoms with Gasteiger partial charge in [-0.2, -0.15) is 0 Å². The van der Waals surface area contributed by atoms with E-state index in [1.54, 1.807) is 0 Å². The highest BCUT2D eigenvalue weighted by molar-refractivity contribution is 5.03. The van der Waals surface area contributed by atoms with E-state index in [0.29, 0.717) is 18.4 Å². The molecule has 3 atom stereocenters. The zero-order valence-electron chi connectivity index (χ0n) is 13.3. The highest BCUT2D eigenvalue weighted by atomic mass is 16.5. The van der Waals surface area contributed by atoms with Crippen LogP contribution in [0.25, 0.3) is 0 Å². The van der Waals surface area contributed by atoms with Crippen LogP contribution in [0.1, 0.15) is 51.0 Å². The summed E-state index contributed by atoms with van der Waals surface area (Å²) < 4.78 is 17.6. The Balaban J connectivity index is 1.75. The van der Waals surface area contributed by atoms with Gasteiger partial charge in [-0.25, -0.2) is 0 Å². The molecule has 2 aliphatic heterocycles. The summed E-state index contributed by atoms with van der Waals surface area (Å²) in [5.41, 5.74) is 0.0668. The molecule has 2 fully saturated rings. The molecule has 0 aromatic carbocycles. The van der Waals surface area contributed by atoms with Gasteiger partial charge in [0.25, 0.3) is 0 Å². The molecule has 3 heterocycles. The molecule has 1 aromatic rings. The van der Waals surface area contributed by atoms with Gasteiger partial charge in [-0.05, 0) is 18.9 Å². The van der Waals surface area contributed by atoms with Gasteiger partial charge in [0.1, 0.15) is 6.10 Å². The van der Waals surface area contributed by atoms with Gasteiger partial charge in [-0.1, -0.05) is 20.8 Å². The minimum atomic E-state index is -0.111. The first-order chi connectivity index (χ1) is 9.95. The van der Waals surface area contributed by atoms with Crippen molar-refractivity contribution in [3.8, 4) is 0 Å². The Morgan fingerprint density at radius 1 is 1.10 bits per heavy atom. The van der Waals surface area contributed by atoms with E-state index in [1.165, 1.54) is 0 Å². The third-order valence-electron chi connectivity index (χ3n) is 4.26. The van der Waals surface area contributed by atoms with E-state index in [0.717, 1.165) is 26.1 Å². The molecule has 21 heavy (non-hydrogen) atoms. The summed E-state index contributed by atoms with van der Waals surface area (Å²) in [6.07, 6.45) is 0.954. The lowest BCUT2D eigenvalue weighted by molar-refractivity contribution is -0.0355. The molecule has 2 saturated heterocycles. The van der Waals surface area contributed by atoms with Crippen LogP contribution in [0, 0.1) is 5.41 Å². The van der Waals surface area contributed by atoms with Crippen molar-refractivity contribution in [2.24, 2.45) is 5.41 Å². The van der Waals surface area contributed by atoms with Crippen molar-refractivity contribution in [2.45, 2.75) is 45.3 Å². The van der Waals surface area contributed by atoms with Gasteiger partial charge in [-0.15, -0.1) is 10.2 Å². The Kier molecular flexibility index (Phi) is 4.03. The van der Waals surface area contributed by atoms with Crippen LogP contribution in [0.15, 0.2) is 4.42 Å². The predicted octanol–water partition coefficient (Wildman–Crippen LogP) is 1.99. The second-order valence-electron chi connectivity index (χ2n) is 7.15. The van der Waals surface area contributed by atoms with E-state index >= 15 is 0 Å². The van der Waals surface area contributed by atoms with Crippen LogP contribution < -0.4 is 0 Å². The summed E-state index contributed by atoms with van der Waals surface area (Å²) in [6.45, 7) is 9.76. The van der Waals surface area contributed by atoms with Crippen molar-refractivity contribution in [1.82, 2.24) is 15.1 Å². The first kappa shape index (κ1) is 14.9. The van der Waals surface area contributed by atoms with Crippen molar-refractivity contribution < 1.29 is 13.9 Å². The van der Waals surface area contributed by atoms with Crippen molar-refractivity contribution in [3.05, 3.63) is 11.8 Å². The van der Waals surface area contributed by atoms with Gasteiger partial charge in [0.15, 0.2) is 0 Å². The zero-order valence-corrected chi connectivity index (χ0v) is 13.3. The fraction of sp³-hybridized carbons (Fsp3) is 0.867. The number of likely N-dealkylation sites (N-methyl/N-ethyl adjacent to an activating group) is 1. The summed E-state index contributed by atoms with van der Waals surface area (Å²) in [7, 11) is 2.08. The maximum absolute atomic E-state index is 5.93. The van der Waals surface area contributed by atoms with Crippen LogP contribution >= 0.6 is 0 Å². The maximum atomic E-state index is 5.93. The lowest BCUT2D eigenvalue weighted by Gasteiger charge is -2.29. The molecular weight excluding hydrogens is 270 g/mol. The summed E-state index contributed by atoms with van der Waals surface area (Å²) in [4.78, 5) is 2.22. The second-order valence-corrected chi connectivity index (χ2v) is 7.15. The predicted molar refractivity (Wildman–Crippen MR) is 77.0 cm³/mol. The molecule has 0 amide bonds. The molecule has 0 unspecified atom stereocenters. The lowest BCUT2D eigenvalue weighted by Crippen LogP contribution is -2.35. The number of hydrogen-bond acceptors (Lipinski definition) is 6. The van der Waals surface area contributed by atoms with Crippen LogP contribution in [0.4, 0.5) is 0 Å². The number of ether oxygens (including phenoxy) is 2. The molecular formula is C15H25N3O3. The molecule has 0 bridgehead atoms. The van der Waals surface area contributed by atoms with Crippen molar-refractivity contribution in [3.63, 3.8) is 0 Å². The van der Waals surface area contributed by atoms with Crippen LogP contribution in [0.3, 0.4) is 0 Å².